The van der Waals surface area contributed by atoms with Crippen LogP contribution in [-0.4, -0.2) is 17.4 Å². The Hall–Kier alpha value is -1.95. The summed E-state index contributed by atoms with van der Waals surface area (Å²) in [4.78, 5) is 15.8. The molecule has 0 aliphatic heterocycles. The van der Waals surface area contributed by atoms with Crippen molar-refractivity contribution in [3.05, 3.63) is 46.2 Å². The number of nitrogens with zero attached hydrogens (tertiary/aromatic N) is 1. The minimum Gasteiger partial charge on any atom is -0.399 e. The van der Waals surface area contributed by atoms with Crippen molar-refractivity contribution in [2.45, 2.75) is 6.42 Å². The van der Waals surface area contributed by atoms with Gasteiger partial charge in [0.25, 0.3) is 5.91 Å². The predicted molar refractivity (Wildman–Crippen MR) is 69.0 cm³/mol. The van der Waals surface area contributed by atoms with Crippen LogP contribution in [0.1, 0.15) is 16.1 Å². The number of nitrogen functional groups attached to an aromatic ring is 1. The summed E-state index contributed by atoms with van der Waals surface area (Å²) in [5.41, 5.74) is 8.61. The smallest absolute Gasteiger partial charge is 0.251 e. The van der Waals surface area contributed by atoms with E-state index >= 15 is 0 Å². The number of hydrogen-bond acceptors (Lipinski definition) is 4. The lowest BCUT2D eigenvalue weighted by molar-refractivity contribution is 0.0953. The summed E-state index contributed by atoms with van der Waals surface area (Å²) in [6.45, 7) is 0.457. The van der Waals surface area contributed by atoms with E-state index in [1.807, 2.05) is 5.38 Å². The van der Waals surface area contributed by atoms with Crippen molar-refractivity contribution in [3.63, 3.8) is 0 Å². The van der Waals surface area contributed by atoms with Gasteiger partial charge < -0.3 is 11.1 Å². The molecule has 0 saturated heterocycles. The summed E-state index contributed by atoms with van der Waals surface area (Å²) >= 11 is 1.51. The van der Waals surface area contributed by atoms with Gasteiger partial charge in [-0.1, -0.05) is 0 Å². The topological polar surface area (TPSA) is 68.0 Å². The van der Waals surface area contributed by atoms with Gasteiger partial charge >= 0.3 is 0 Å². The molecule has 0 saturated carbocycles. The number of anilines is 1. The fourth-order valence-electron chi connectivity index (χ4n) is 1.51. The van der Waals surface area contributed by atoms with E-state index in [0.717, 1.165) is 11.8 Å². The quantitative estimate of drug-likeness (QED) is 0.829. The maximum absolute atomic E-state index is 13.1. The first-order chi connectivity index (χ1) is 8.65. The lowest BCUT2D eigenvalue weighted by Gasteiger charge is -2.05. The van der Waals surface area contributed by atoms with Crippen molar-refractivity contribution in [1.82, 2.24) is 10.3 Å². The van der Waals surface area contributed by atoms with E-state index in [1.165, 1.54) is 23.5 Å². The van der Waals surface area contributed by atoms with Gasteiger partial charge in [-0.3, -0.25) is 4.79 Å². The Morgan fingerprint density at radius 3 is 2.94 bits per heavy atom. The fourth-order valence-corrected chi connectivity index (χ4v) is 2.10. The number of halogens is 1. The molecule has 0 atom stereocenters. The summed E-state index contributed by atoms with van der Waals surface area (Å²) < 4.78 is 13.1. The van der Waals surface area contributed by atoms with Crippen LogP contribution in [0.5, 0.6) is 0 Å². The average molecular weight is 265 g/mol. The third-order valence-electron chi connectivity index (χ3n) is 2.33. The van der Waals surface area contributed by atoms with Gasteiger partial charge in [-0.15, -0.1) is 11.3 Å². The molecule has 2 aromatic rings. The minimum atomic E-state index is -0.514. The zero-order chi connectivity index (χ0) is 13.0. The number of carbonyl (C=O) groups excluding carboxylic acids is 1. The largest absolute Gasteiger partial charge is 0.399 e. The zero-order valence-corrected chi connectivity index (χ0v) is 10.3. The van der Waals surface area contributed by atoms with Crippen molar-refractivity contribution in [3.8, 4) is 0 Å². The Morgan fingerprint density at radius 1 is 1.44 bits per heavy atom. The molecule has 0 radical (unpaired) electrons. The van der Waals surface area contributed by atoms with Gasteiger partial charge in [0.05, 0.1) is 11.2 Å². The van der Waals surface area contributed by atoms with E-state index in [-0.39, 0.29) is 17.2 Å². The molecule has 0 aliphatic rings. The second-order valence-corrected chi connectivity index (χ2v) is 4.48. The molecule has 18 heavy (non-hydrogen) atoms. The fraction of sp³-hybridized carbons (Fsp3) is 0.167. The standard InChI is InChI=1S/C12H12FN3OS/c13-9-3-8(4-10(14)5-9)12(17)15-2-1-11-6-18-7-16-11/h3-7H,1-2,14H2,(H,15,17). The SMILES string of the molecule is Nc1cc(F)cc(C(=O)NCCc2cscn2)c1. The second kappa shape index (κ2) is 5.59. The monoisotopic (exact) mass is 265 g/mol. The normalized spacial score (nSPS) is 10.3. The van der Waals surface area contributed by atoms with Crippen LogP contribution in [0.15, 0.2) is 29.1 Å². The summed E-state index contributed by atoms with van der Waals surface area (Å²) in [6, 6.07) is 3.78. The number of hydrogen-bond donors (Lipinski definition) is 2. The predicted octanol–water partition coefficient (Wildman–Crippen LogP) is 1.84. The van der Waals surface area contributed by atoms with Crippen molar-refractivity contribution in [2.75, 3.05) is 12.3 Å². The number of aromatic nitrogens is 1. The molecule has 1 heterocycles. The molecule has 0 unspecified atom stereocenters. The number of nitrogens with two attached hydrogens (primary N) is 1. The maximum Gasteiger partial charge on any atom is 0.251 e. The number of amides is 1. The Morgan fingerprint density at radius 2 is 2.28 bits per heavy atom. The van der Waals surface area contributed by atoms with Crippen molar-refractivity contribution >= 4 is 22.9 Å². The van der Waals surface area contributed by atoms with Gasteiger partial charge in [-0.25, -0.2) is 9.37 Å². The lowest BCUT2D eigenvalue weighted by atomic mass is 10.2. The van der Waals surface area contributed by atoms with Crippen LogP contribution >= 0.6 is 11.3 Å². The molecule has 6 heteroatoms. The van der Waals surface area contributed by atoms with E-state index < -0.39 is 5.82 Å². The van der Waals surface area contributed by atoms with Gasteiger partial charge in [0.2, 0.25) is 0 Å². The molecule has 0 fully saturated rings. The molecule has 0 aliphatic carbocycles. The highest BCUT2D eigenvalue weighted by Crippen LogP contribution is 2.10. The molecule has 1 amide bonds. The van der Waals surface area contributed by atoms with Crippen molar-refractivity contribution < 1.29 is 9.18 Å². The third kappa shape index (κ3) is 3.27. The zero-order valence-electron chi connectivity index (χ0n) is 9.52. The Kier molecular flexibility index (Phi) is 3.88. The first-order valence-electron chi connectivity index (χ1n) is 5.36. The van der Waals surface area contributed by atoms with E-state index in [4.69, 9.17) is 5.73 Å². The molecule has 1 aromatic carbocycles. The number of rotatable bonds is 4. The van der Waals surface area contributed by atoms with E-state index in [9.17, 15) is 9.18 Å². The van der Waals surface area contributed by atoms with Gasteiger partial charge in [-0.2, -0.15) is 0 Å². The van der Waals surface area contributed by atoms with Crippen molar-refractivity contribution in [2.24, 2.45) is 0 Å². The lowest BCUT2D eigenvalue weighted by Crippen LogP contribution is -2.26. The van der Waals surface area contributed by atoms with Gasteiger partial charge in [0.15, 0.2) is 0 Å². The van der Waals surface area contributed by atoms with Crippen LogP contribution in [0, 0.1) is 5.82 Å². The Bertz CT molecular complexity index is 522. The number of carbonyl (C=O) groups is 1. The summed E-state index contributed by atoms with van der Waals surface area (Å²) in [5, 5.41) is 4.62. The molecule has 0 bridgehead atoms. The average Bonchev–Trinajstić information content (AvgIpc) is 2.80. The first-order valence-corrected chi connectivity index (χ1v) is 6.31. The number of nitrogens with one attached hydrogen (secondary N) is 1. The van der Waals surface area contributed by atoms with E-state index in [2.05, 4.69) is 10.3 Å². The Labute approximate surface area is 108 Å². The molecule has 3 N–H and O–H groups in total. The summed E-state index contributed by atoms with van der Waals surface area (Å²) in [6.07, 6.45) is 0.653. The van der Waals surface area contributed by atoms with Crippen LogP contribution in [-0.2, 0) is 6.42 Å². The highest BCUT2D eigenvalue weighted by molar-refractivity contribution is 7.07. The molecular formula is C12H12FN3OS. The van der Waals surface area contributed by atoms with E-state index in [0.29, 0.717) is 13.0 Å². The number of thiazole rings is 1. The molecule has 94 valence electrons. The van der Waals surface area contributed by atoms with Gasteiger partial charge in [0, 0.05) is 29.6 Å². The van der Waals surface area contributed by atoms with Gasteiger partial charge in [0.1, 0.15) is 5.82 Å². The van der Waals surface area contributed by atoms with Crippen LogP contribution in [0.4, 0.5) is 10.1 Å². The molecule has 2 rings (SSSR count). The summed E-state index contributed by atoms with van der Waals surface area (Å²) in [7, 11) is 0. The first kappa shape index (κ1) is 12.5. The molecule has 0 spiro atoms. The maximum atomic E-state index is 13.1. The van der Waals surface area contributed by atoms with Crippen molar-refractivity contribution in [1.29, 1.82) is 0 Å². The van der Waals surface area contributed by atoms with Gasteiger partial charge in [-0.05, 0) is 18.2 Å². The van der Waals surface area contributed by atoms with Crippen LogP contribution in [0.3, 0.4) is 0 Å². The number of benzene rings is 1. The second-order valence-electron chi connectivity index (χ2n) is 3.76. The molecule has 4 nitrogen and oxygen atoms in total. The highest BCUT2D eigenvalue weighted by atomic mass is 32.1. The van der Waals surface area contributed by atoms with E-state index in [1.54, 1.807) is 5.51 Å². The highest BCUT2D eigenvalue weighted by Gasteiger charge is 2.07. The Balaban J connectivity index is 1.91. The third-order valence-corrected chi connectivity index (χ3v) is 2.97. The van der Waals surface area contributed by atoms with Crippen LogP contribution in [0.2, 0.25) is 0 Å². The van der Waals surface area contributed by atoms with Crippen LogP contribution in [0.25, 0.3) is 0 Å². The molecule has 1 aromatic heterocycles. The minimum absolute atomic E-state index is 0.228. The molecular weight excluding hydrogens is 253 g/mol. The summed E-state index contributed by atoms with van der Waals surface area (Å²) in [5.74, 6) is -0.851. The van der Waals surface area contributed by atoms with Crippen LogP contribution < -0.4 is 11.1 Å².